The van der Waals surface area contributed by atoms with E-state index in [4.69, 9.17) is 5.73 Å². The van der Waals surface area contributed by atoms with Gasteiger partial charge in [0.25, 0.3) is 0 Å². The molecule has 0 amide bonds. The van der Waals surface area contributed by atoms with Crippen LogP contribution in [0.3, 0.4) is 0 Å². The molecule has 3 heteroatoms. The van der Waals surface area contributed by atoms with Gasteiger partial charge in [0.1, 0.15) is 0 Å². The van der Waals surface area contributed by atoms with Crippen LogP contribution in [-0.4, -0.2) is 13.1 Å². The standard InChI is InChI=1S/C15H28N2S/c1-3-5-14(7-9-16)6-4-10-17-12-15-13(2)8-11-18-15/h8,11,14,17H,3-7,9-10,12,16H2,1-2H3. The smallest absolute Gasteiger partial charge is 0.0302 e. The molecule has 2 nitrogen and oxygen atoms in total. The average molecular weight is 268 g/mol. The first-order valence-electron chi connectivity index (χ1n) is 7.21. The van der Waals surface area contributed by atoms with Gasteiger partial charge in [-0.05, 0) is 62.2 Å². The van der Waals surface area contributed by atoms with Crippen molar-refractivity contribution in [1.29, 1.82) is 0 Å². The molecule has 3 N–H and O–H groups in total. The zero-order valence-electron chi connectivity index (χ0n) is 11.9. The highest BCUT2D eigenvalue weighted by molar-refractivity contribution is 7.10. The SMILES string of the molecule is CCCC(CCN)CCCNCc1sccc1C. The first kappa shape index (κ1) is 15.7. The van der Waals surface area contributed by atoms with Crippen LogP contribution in [0.1, 0.15) is 49.5 Å². The predicted octanol–water partition coefficient (Wildman–Crippen LogP) is 3.69. The Morgan fingerprint density at radius 1 is 1.33 bits per heavy atom. The van der Waals surface area contributed by atoms with Gasteiger partial charge in [-0.3, -0.25) is 0 Å². The second-order valence-corrected chi connectivity index (χ2v) is 6.08. The van der Waals surface area contributed by atoms with Gasteiger partial charge >= 0.3 is 0 Å². The summed E-state index contributed by atoms with van der Waals surface area (Å²) in [6, 6.07) is 2.19. The molecule has 0 bridgehead atoms. The first-order chi connectivity index (χ1) is 8.77. The van der Waals surface area contributed by atoms with Crippen molar-refractivity contribution in [2.75, 3.05) is 13.1 Å². The largest absolute Gasteiger partial charge is 0.330 e. The van der Waals surface area contributed by atoms with Crippen LogP contribution in [0.25, 0.3) is 0 Å². The molecule has 0 saturated heterocycles. The van der Waals surface area contributed by atoms with Gasteiger partial charge in [-0.1, -0.05) is 19.8 Å². The molecule has 18 heavy (non-hydrogen) atoms. The Bertz CT molecular complexity index is 303. The predicted molar refractivity (Wildman–Crippen MR) is 82.1 cm³/mol. The minimum Gasteiger partial charge on any atom is -0.330 e. The summed E-state index contributed by atoms with van der Waals surface area (Å²) in [6.45, 7) is 7.45. The average Bonchev–Trinajstić information content (AvgIpc) is 2.75. The van der Waals surface area contributed by atoms with Crippen LogP contribution in [0.2, 0.25) is 0 Å². The lowest BCUT2D eigenvalue weighted by molar-refractivity contribution is 0.404. The van der Waals surface area contributed by atoms with Gasteiger partial charge in [-0.25, -0.2) is 0 Å². The van der Waals surface area contributed by atoms with Gasteiger partial charge in [0.2, 0.25) is 0 Å². The molecule has 0 aliphatic rings. The van der Waals surface area contributed by atoms with Crippen molar-refractivity contribution in [1.82, 2.24) is 5.32 Å². The molecular weight excluding hydrogens is 240 g/mol. The maximum Gasteiger partial charge on any atom is 0.0302 e. The normalized spacial score (nSPS) is 12.8. The fraction of sp³-hybridized carbons (Fsp3) is 0.733. The van der Waals surface area contributed by atoms with Gasteiger partial charge in [-0.15, -0.1) is 11.3 Å². The third kappa shape index (κ3) is 5.98. The van der Waals surface area contributed by atoms with E-state index in [-0.39, 0.29) is 0 Å². The number of nitrogens with two attached hydrogens (primary N) is 1. The summed E-state index contributed by atoms with van der Waals surface area (Å²) in [4.78, 5) is 1.47. The second-order valence-electron chi connectivity index (χ2n) is 5.08. The molecule has 0 aliphatic heterocycles. The van der Waals surface area contributed by atoms with Crippen LogP contribution in [0.4, 0.5) is 0 Å². The van der Waals surface area contributed by atoms with Gasteiger partial charge < -0.3 is 11.1 Å². The van der Waals surface area contributed by atoms with Gasteiger partial charge in [0, 0.05) is 11.4 Å². The van der Waals surface area contributed by atoms with Crippen molar-refractivity contribution in [2.24, 2.45) is 11.7 Å². The Hall–Kier alpha value is -0.380. The Morgan fingerprint density at radius 3 is 2.78 bits per heavy atom. The van der Waals surface area contributed by atoms with Crippen LogP contribution in [-0.2, 0) is 6.54 Å². The molecule has 1 unspecified atom stereocenters. The third-order valence-corrected chi connectivity index (χ3v) is 4.51. The van der Waals surface area contributed by atoms with Crippen molar-refractivity contribution < 1.29 is 0 Å². The van der Waals surface area contributed by atoms with Crippen LogP contribution < -0.4 is 11.1 Å². The van der Waals surface area contributed by atoms with E-state index in [2.05, 4.69) is 30.6 Å². The minimum absolute atomic E-state index is 0.838. The molecule has 0 spiro atoms. The number of aryl methyl sites for hydroxylation is 1. The summed E-state index contributed by atoms with van der Waals surface area (Å²) in [5.41, 5.74) is 7.07. The molecule has 0 aliphatic carbocycles. The number of thiophene rings is 1. The molecule has 1 heterocycles. The van der Waals surface area contributed by atoms with Gasteiger partial charge in [-0.2, -0.15) is 0 Å². The van der Waals surface area contributed by atoms with E-state index in [1.807, 2.05) is 11.3 Å². The van der Waals surface area contributed by atoms with E-state index in [1.165, 1.54) is 42.5 Å². The molecule has 1 rings (SSSR count). The van der Waals surface area contributed by atoms with Gasteiger partial charge in [0.05, 0.1) is 0 Å². The molecule has 104 valence electrons. The molecule has 1 atom stereocenters. The number of hydrogen-bond acceptors (Lipinski definition) is 3. The molecule has 0 saturated carbocycles. The zero-order valence-corrected chi connectivity index (χ0v) is 12.7. The Labute approximate surface area is 116 Å². The maximum atomic E-state index is 5.66. The summed E-state index contributed by atoms with van der Waals surface area (Å²) in [5, 5.41) is 5.72. The fourth-order valence-electron chi connectivity index (χ4n) is 2.38. The topological polar surface area (TPSA) is 38.0 Å². The molecule has 1 aromatic rings. The quantitative estimate of drug-likeness (QED) is 0.635. The number of hydrogen-bond donors (Lipinski definition) is 2. The third-order valence-electron chi connectivity index (χ3n) is 3.49. The second kappa shape index (κ2) is 9.54. The first-order valence-corrected chi connectivity index (χ1v) is 8.09. The van der Waals surface area contributed by atoms with E-state index >= 15 is 0 Å². The lowest BCUT2D eigenvalue weighted by Crippen LogP contribution is -2.16. The monoisotopic (exact) mass is 268 g/mol. The zero-order chi connectivity index (χ0) is 13.2. The van der Waals surface area contributed by atoms with E-state index in [0.29, 0.717) is 0 Å². The van der Waals surface area contributed by atoms with Crippen LogP contribution in [0.15, 0.2) is 11.4 Å². The minimum atomic E-state index is 0.838. The Morgan fingerprint density at radius 2 is 2.17 bits per heavy atom. The number of nitrogens with one attached hydrogen (secondary N) is 1. The lowest BCUT2D eigenvalue weighted by Gasteiger charge is -2.14. The van der Waals surface area contributed by atoms with E-state index < -0.39 is 0 Å². The van der Waals surface area contributed by atoms with Crippen molar-refractivity contribution in [3.05, 3.63) is 21.9 Å². The molecule has 0 aromatic carbocycles. The maximum absolute atomic E-state index is 5.66. The molecule has 1 aromatic heterocycles. The van der Waals surface area contributed by atoms with E-state index in [1.54, 1.807) is 0 Å². The van der Waals surface area contributed by atoms with E-state index in [9.17, 15) is 0 Å². The Kier molecular flexibility index (Phi) is 8.31. The summed E-state index contributed by atoms with van der Waals surface area (Å²) in [5.74, 6) is 0.838. The van der Waals surface area contributed by atoms with Crippen LogP contribution >= 0.6 is 11.3 Å². The molecule has 0 fully saturated rings. The molecular formula is C15H28N2S. The summed E-state index contributed by atoms with van der Waals surface area (Å²) < 4.78 is 0. The van der Waals surface area contributed by atoms with E-state index in [0.717, 1.165) is 25.6 Å². The fourth-order valence-corrected chi connectivity index (χ4v) is 3.26. The highest BCUT2D eigenvalue weighted by Crippen LogP contribution is 2.17. The Balaban J connectivity index is 2.08. The lowest BCUT2D eigenvalue weighted by atomic mass is 9.94. The van der Waals surface area contributed by atoms with Crippen LogP contribution in [0, 0.1) is 12.8 Å². The van der Waals surface area contributed by atoms with Crippen molar-refractivity contribution >= 4 is 11.3 Å². The summed E-state index contributed by atoms with van der Waals surface area (Å²) in [6.07, 6.45) is 6.40. The summed E-state index contributed by atoms with van der Waals surface area (Å²) in [7, 11) is 0. The number of rotatable bonds is 10. The summed E-state index contributed by atoms with van der Waals surface area (Å²) >= 11 is 1.85. The van der Waals surface area contributed by atoms with Crippen molar-refractivity contribution in [3.8, 4) is 0 Å². The van der Waals surface area contributed by atoms with Crippen molar-refractivity contribution in [3.63, 3.8) is 0 Å². The van der Waals surface area contributed by atoms with Gasteiger partial charge in [0.15, 0.2) is 0 Å². The van der Waals surface area contributed by atoms with Crippen LogP contribution in [0.5, 0.6) is 0 Å². The highest BCUT2D eigenvalue weighted by atomic mass is 32.1. The highest BCUT2D eigenvalue weighted by Gasteiger charge is 2.06. The van der Waals surface area contributed by atoms with Crippen molar-refractivity contribution in [2.45, 2.75) is 52.5 Å². The molecule has 0 radical (unpaired) electrons.